The Hall–Kier alpha value is -1.61. The summed E-state index contributed by atoms with van der Waals surface area (Å²) in [6.07, 6.45) is 0. The summed E-state index contributed by atoms with van der Waals surface area (Å²) < 4.78 is 10.3. The average molecular weight is 278 g/mol. The third-order valence-corrected chi connectivity index (χ3v) is 3.15. The van der Waals surface area contributed by atoms with Crippen molar-refractivity contribution < 1.29 is 14.6 Å². The van der Waals surface area contributed by atoms with Gasteiger partial charge in [0.2, 0.25) is 0 Å². The van der Waals surface area contributed by atoms with E-state index in [1.54, 1.807) is 20.3 Å². The summed E-state index contributed by atoms with van der Waals surface area (Å²) in [5.74, 6) is 0. The summed E-state index contributed by atoms with van der Waals surface area (Å²) >= 11 is 0. The lowest BCUT2D eigenvalue weighted by atomic mass is 10.1. The second-order valence-electron chi connectivity index (χ2n) is 4.61. The van der Waals surface area contributed by atoms with Crippen LogP contribution in [-0.2, 0) is 16.1 Å². The maximum Gasteiger partial charge on any atom is 0.101 e. The van der Waals surface area contributed by atoms with Crippen LogP contribution in [0.15, 0.2) is 18.2 Å². The largest absolute Gasteiger partial charge is 0.392 e. The number of methoxy groups -OCH3 is 2. The fraction of sp³-hybridized carbons (Fsp3) is 0.533. The number of hydrogen-bond acceptors (Lipinski definition) is 5. The van der Waals surface area contributed by atoms with Gasteiger partial charge in [-0.25, -0.2) is 0 Å². The van der Waals surface area contributed by atoms with E-state index in [1.807, 2.05) is 19.1 Å². The van der Waals surface area contributed by atoms with Crippen molar-refractivity contribution in [1.29, 1.82) is 5.26 Å². The first-order valence-corrected chi connectivity index (χ1v) is 6.56. The third kappa shape index (κ3) is 4.20. The highest BCUT2D eigenvalue weighted by molar-refractivity contribution is 5.61. The van der Waals surface area contributed by atoms with Crippen LogP contribution in [0, 0.1) is 11.3 Å². The van der Waals surface area contributed by atoms with E-state index in [0.29, 0.717) is 25.3 Å². The van der Waals surface area contributed by atoms with Gasteiger partial charge in [-0.2, -0.15) is 5.26 Å². The van der Waals surface area contributed by atoms with Crippen molar-refractivity contribution in [2.75, 3.05) is 38.9 Å². The fourth-order valence-corrected chi connectivity index (χ4v) is 2.12. The lowest BCUT2D eigenvalue weighted by Gasteiger charge is -2.31. The predicted molar refractivity (Wildman–Crippen MR) is 77.6 cm³/mol. The predicted octanol–water partition coefficient (Wildman–Crippen LogP) is 1.54. The number of aliphatic hydroxyl groups excluding tert-OH is 1. The number of nitrogens with zero attached hydrogens (tertiary/aromatic N) is 2. The molecule has 0 aromatic heterocycles. The molecule has 1 N–H and O–H groups in total. The molecule has 0 radical (unpaired) electrons. The van der Waals surface area contributed by atoms with E-state index in [-0.39, 0.29) is 12.6 Å². The van der Waals surface area contributed by atoms with Crippen LogP contribution in [0.1, 0.15) is 18.1 Å². The van der Waals surface area contributed by atoms with Gasteiger partial charge in [-0.15, -0.1) is 0 Å². The van der Waals surface area contributed by atoms with Gasteiger partial charge in [-0.3, -0.25) is 0 Å². The van der Waals surface area contributed by atoms with Crippen LogP contribution < -0.4 is 4.90 Å². The second-order valence-corrected chi connectivity index (χ2v) is 4.61. The van der Waals surface area contributed by atoms with Crippen LogP contribution in [0.3, 0.4) is 0 Å². The van der Waals surface area contributed by atoms with E-state index in [1.165, 1.54) is 0 Å². The highest BCUT2D eigenvalue weighted by Crippen LogP contribution is 2.23. The van der Waals surface area contributed by atoms with E-state index in [4.69, 9.17) is 14.6 Å². The van der Waals surface area contributed by atoms with Crippen LogP contribution >= 0.6 is 0 Å². The first-order chi connectivity index (χ1) is 9.67. The zero-order valence-electron chi connectivity index (χ0n) is 12.3. The van der Waals surface area contributed by atoms with E-state index in [2.05, 4.69) is 11.0 Å². The normalized spacial score (nSPS) is 11.9. The molecule has 0 saturated carbocycles. The van der Waals surface area contributed by atoms with Gasteiger partial charge in [0, 0.05) is 26.8 Å². The number of benzene rings is 1. The molecule has 0 heterocycles. The summed E-state index contributed by atoms with van der Waals surface area (Å²) in [7, 11) is 3.31. The standard InChI is InChI=1S/C15H22N2O3/c1-12(11-20-3)17(6-7-19-2)15-5-4-13(10-18)8-14(15)9-16/h4-5,8,12,18H,6-7,10-11H2,1-3H3. The van der Waals surface area contributed by atoms with E-state index in [0.717, 1.165) is 11.3 Å². The maximum absolute atomic E-state index is 9.30. The monoisotopic (exact) mass is 278 g/mol. The van der Waals surface area contributed by atoms with E-state index < -0.39 is 0 Å². The SMILES string of the molecule is COCCN(c1ccc(CO)cc1C#N)C(C)COC. The Morgan fingerprint density at radius 2 is 2.10 bits per heavy atom. The number of rotatable bonds is 8. The zero-order chi connectivity index (χ0) is 15.0. The van der Waals surface area contributed by atoms with Gasteiger partial charge in [-0.1, -0.05) is 6.07 Å². The molecule has 0 aliphatic carbocycles. The van der Waals surface area contributed by atoms with Gasteiger partial charge < -0.3 is 19.5 Å². The molecule has 1 aromatic rings. The molecule has 1 aromatic carbocycles. The van der Waals surface area contributed by atoms with E-state index in [9.17, 15) is 5.26 Å². The minimum Gasteiger partial charge on any atom is -0.392 e. The Morgan fingerprint density at radius 3 is 2.65 bits per heavy atom. The highest BCUT2D eigenvalue weighted by atomic mass is 16.5. The maximum atomic E-state index is 9.30. The number of nitriles is 1. The Morgan fingerprint density at radius 1 is 1.35 bits per heavy atom. The van der Waals surface area contributed by atoms with Crippen LogP contribution in [0.4, 0.5) is 5.69 Å². The Bertz CT molecular complexity index is 457. The van der Waals surface area contributed by atoms with Gasteiger partial charge in [0.1, 0.15) is 6.07 Å². The van der Waals surface area contributed by atoms with Gasteiger partial charge in [-0.05, 0) is 24.6 Å². The van der Waals surface area contributed by atoms with Crippen LogP contribution in [-0.4, -0.2) is 45.1 Å². The lowest BCUT2D eigenvalue weighted by molar-refractivity contribution is 0.171. The Balaban J connectivity index is 3.09. The summed E-state index contributed by atoms with van der Waals surface area (Å²) in [6, 6.07) is 7.73. The number of hydrogen-bond donors (Lipinski definition) is 1. The molecule has 5 nitrogen and oxygen atoms in total. The third-order valence-electron chi connectivity index (χ3n) is 3.15. The van der Waals surface area contributed by atoms with Crippen molar-refractivity contribution in [3.05, 3.63) is 29.3 Å². The van der Waals surface area contributed by atoms with Crippen LogP contribution in [0.5, 0.6) is 0 Å². The van der Waals surface area contributed by atoms with Crippen molar-refractivity contribution in [3.63, 3.8) is 0 Å². The zero-order valence-corrected chi connectivity index (χ0v) is 12.3. The molecule has 1 rings (SSSR count). The average Bonchev–Trinajstić information content (AvgIpc) is 2.48. The molecule has 1 unspecified atom stereocenters. The molecular formula is C15H22N2O3. The van der Waals surface area contributed by atoms with Crippen molar-refractivity contribution in [3.8, 4) is 6.07 Å². The van der Waals surface area contributed by atoms with Crippen molar-refractivity contribution in [2.45, 2.75) is 19.6 Å². The van der Waals surface area contributed by atoms with Crippen molar-refractivity contribution in [1.82, 2.24) is 0 Å². The molecular weight excluding hydrogens is 256 g/mol. The molecule has 0 fully saturated rings. The van der Waals surface area contributed by atoms with Gasteiger partial charge in [0.05, 0.1) is 31.1 Å². The topological polar surface area (TPSA) is 65.7 Å². The van der Waals surface area contributed by atoms with Crippen LogP contribution in [0.2, 0.25) is 0 Å². The quantitative estimate of drug-likeness (QED) is 0.781. The Labute approximate surface area is 120 Å². The molecule has 0 aliphatic rings. The number of aliphatic hydroxyl groups is 1. The lowest BCUT2D eigenvalue weighted by Crippen LogP contribution is -2.39. The Kier molecular flexibility index (Phi) is 7.02. The van der Waals surface area contributed by atoms with Gasteiger partial charge in [0.25, 0.3) is 0 Å². The molecule has 5 heteroatoms. The molecule has 0 aliphatic heterocycles. The number of ether oxygens (including phenoxy) is 2. The molecule has 1 atom stereocenters. The highest BCUT2D eigenvalue weighted by Gasteiger charge is 2.17. The van der Waals surface area contributed by atoms with Gasteiger partial charge in [0.15, 0.2) is 0 Å². The molecule has 20 heavy (non-hydrogen) atoms. The summed E-state index contributed by atoms with van der Waals surface area (Å²) in [6.45, 7) is 3.78. The minimum atomic E-state index is -0.0688. The summed E-state index contributed by atoms with van der Waals surface area (Å²) in [4.78, 5) is 2.09. The molecule has 110 valence electrons. The smallest absolute Gasteiger partial charge is 0.101 e. The van der Waals surface area contributed by atoms with E-state index >= 15 is 0 Å². The van der Waals surface area contributed by atoms with Gasteiger partial charge >= 0.3 is 0 Å². The molecule has 0 amide bonds. The van der Waals surface area contributed by atoms with Crippen molar-refractivity contribution >= 4 is 5.69 Å². The molecule has 0 saturated heterocycles. The second kappa shape index (κ2) is 8.54. The fourth-order valence-electron chi connectivity index (χ4n) is 2.12. The summed E-state index contributed by atoms with van der Waals surface area (Å²) in [5, 5.41) is 18.5. The first-order valence-electron chi connectivity index (χ1n) is 6.56. The summed E-state index contributed by atoms with van der Waals surface area (Å²) in [5.41, 5.74) is 2.12. The first kappa shape index (κ1) is 16.4. The molecule has 0 bridgehead atoms. The van der Waals surface area contributed by atoms with Crippen molar-refractivity contribution in [2.24, 2.45) is 0 Å². The van der Waals surface area contributed by atoms with Crippen LogP contribution in [0.25, 0.3) is 0 Å². The minimum absolute atomic E-state index is 0.0688. The number of anilines is 1. The molecule has 0 spiro atoms.